The molecular weight excluding hydrogens is 375 g/mol. The van der Waals surface area contributed by atoms with Crippen LogP contribution >= 0.6 is 22.2 Å². The maximum atomic E-state index is 13.1. The van der Waals surface area contributed by atoms with E-state index in [4.69, 9.17) is 4.74 Å². The quantitative estimate of drug-likeness (QED) is 0.348. The van der Waals surface area contributed by atoms with Gasteiger partial charge in [0, 0.05) is 4.88 Å². The van der Waals surface area contributed by atoms with Crippen molar-refractivity contribution in [2.24, 2.45) is 0 Å². The van der Waals surface area contributed by atoms with E-state index in [-0.39, 0.29) is 5.13 Å². The van der Waals surface area contributed by atoms with Crippen LogP contribution in [0.5, 0.6) is 5.75 Å². The molecule has 0 aliphatic heterocycles. The van der Waals surface area contributed by atoms with Gasteiger partial charge in [-0.1, -0.05) is 36.4 Å². The number of hydrogen-bond acceptors (Lipinski definition) is 2. The lowest BCUT2D eigenvalue weighted by Gasteiger charge is -2.23. The van der Waals surface area contributed by atoms with E-state index in [1.807, 2.05) is 24.3 Å². The van der Waals surface area contributed by atoms with Crippen molar-refractivity contribution in [1.82, 2.24) is 0 Å². The van der Waals surface area contributed by atoms with Crippen molar-refractivity contribution in [1.29, 1.82) is 0 Å². The molecule has 0 radical (unpaired) electrons. The van der Waals surface area contributed by atoms with E-state index in [0.29, 0.717) is 6.61 Å². The van der Waals surface area contributed by atoms with E-state index in [1.54, 1.807) is 6.07 Å². The Kier molecular flexibility index (Phi) is 5.56. The number of ether oxygens (including phenoxy) is 1. The van der Waals surface area contributed by atoms with Crippen LogP contribution in [0.2, 0.25) is 0 Å². The summed E-state index contributed by atoms with van der Waals surface area (Å²) in [6.07, 6.45) is 0. The second kappa shape index (κ2) is 8.42. The fourth-order valence-electron chi connectivity index (χ4n) is 2.88. The summed E-state index contributed by atoms with van der Waals surface area (Å²) in [5, 5.41) is -0.180. The fourth-order valence-corrected chi connectivity index (χ4v) is 5.80. The predicted octanol–water partition coefficient (Wildman–Crippen LogP) is 6.94. The molecule has 0 spiro atoms. The first-order chi connectivity index (χ1) is 13.3. The van der Waals surface area contributed by atoms with Crippen molar-refractivity contribution in [3.05, 3.63) is 107 Å². The topological polar surface area (TPSA) is 9.23 Å². The van der Waals surface area contributed by atoms with E-state index in [0.717, 1.165) is 22.0 Å². The number of thiophene rings is 1. The molecule has 4 rings (SSSR count). The third-order valence-corrected chi connectivity index (χ3v) is 7.42. The van der Waals surface area contributed by atoms with Crippen molar-refractivity contribution in [3.63, 3.8) is 0 Å². The highest BCUT2D eigenvalue weighted by atomic mass is 32.2. The lowest BCUT2D eigenvalue weighted by atomic mass is 10.3. The molecule has 3 aromatic carbocycles. The predicted molar refractivity (Wildman–Crippen MR) is 112 cm³/mol. The number of hydrogen-bond donors (Lipinski definition) is 1. The number of rotatable bonds is 6. The van der Waals surface area contributed by atoms with E-state index in [9.17, 15) is 4.39 Å². The Morgan fingerprint density at radius 1 is 0.667 bits per heavy atom. The summed E-state index contributed by atoms with van der Waals surface area (Å²) in [4.78, 5) is 4.80. The Labute approximate surface area is 165 Å². The Balaban J connectivity index is 1.57. The van der Waals surface area contributed by atoms with Crippen LogP contribution in [0, 0.1) is 5.13 Å². The molecule has 0 saturated heterocycles. The maximum absolute atomic E-state index is 13.1. The summed E-state index contributed by atoms with van der Waals surface area (Å²) in [6, 6.07) is 32.7. The van der Waals surface area contributed by atoms with Crippen LogP contribution in [0.1, 0.15) is 4.88 Å². The van der Waals surface area contributed by atoms with Gasteiger partial charge in [-0.05, 0) is 75.4 Å². The van der Waals surface area contributed by atoms with Gasteiger partial charge in [0.2, 0.25) is 0 Å². The van der Waals surface area contributed by atoms with Crippen LogP contribution in [0.25, 0.3) is 0 Å². The minimum Gasteiger partial charge on any atom is -0.488 e. The lowest BCUT2D eigenvalue weighted by molar-refractivity contribution is 0.309. The molecule has 136 valence electrons. The van der Waals surface area contributed by atoms with E-state index < -0.39 is 10.9 Å². The highest BCUT2D eigenvalue weighted by molar-refractivity contribution is 8.17. The van der Waals surface area contributed by atoms with Crippen molar-refractivity contribution in [2.45, 2.75) is 21.3 Å². The minimum absolute atomic E-state index is 0.180. The van der Waals surface area contributed by atoms with E-state index in [1.165, 1.54) is 20.8 Å². The Hall–Kier alpha value is -2.56. The maximum Gasteiger partial charge on any atom is 0.176 e. The molecule has 0 N–H and O–H groups in total. The van der Waals surface area contributed by atoms with Crippen LogP contribution in [-0.2, 0) is 6.61 Å². The lowest BCUT2D eigenvalue weighted by Crippen LogP contribution is -1.93. The molecule has 27 heavy (non-hydrogen) atoms. The van der Waals surface area contributed by atoms with Gasteiger partial charge in [-0.2, -0.15) is 15.3 Å². The van der Waals surface area contributed by atoms with Gasteiger partial charge in [0.1, 0.15) is 12.4 Å². The molecule has 0 saturated carbocycles. The SMILES string of the molecule is Fc1ccc(COc2ccc([SH](c3ccccc3)c3ccccc3)cc2)s1. The molecule has 0 fully saturated rings. The van der Waals surface area contributed by atoms with Gasteiger partial charge in [0.15, 0.2) is 5.13 Å². The summed E-state index contributed by atoms with van der Waals surface area (Å²) in [5.41, 5.74) is 0. The molecule has 1 aromatic heterocycles. The zero-order valence-corrected chi connectivity index (χ0v) is 16.3. The molecule has 4 aromatic rings. The van der Waals surface area contributed by atoms with Crippen molar-refractivity contribution < 1.29 is 9.13 Å². The molecule has 0 aliphatic rings. The molecule has 0 atom stereocenters. The monoisotopic (exact) mass is 394 g/mol. The molecule has 0 bridgehead atoms. The highest BCUT2D eigenvalue weighted by Gasteiger charge is 2.12. The van der Waals surface area contributed by atoms with E-state index >= 15 is 0 Å². The molecule has 1 heterocycles. The fraction of sp³-hybridized carbons (Fsp3) is 0.0435. The first-order valence-electron chi connectivity index (χ1n) is 8.67. The normalized spacial score (nSPS) is 11.2. The van der Waals surface area contributed by atoms with Gasteiger partial charge >= 0.3 is 0 Å². The van der Waals surface area contributed by atoms with Crippen LogP contribution in [0.15, 0.2) is 112 Å². The average molecular weight is 395 g/mol. The largest absolute Gasteiger partial charge is 0.488 e. The molecule has 0 aliphatic carbocycles. The highest BCUT2D eigenvalue weighted by Crippen LogP contribution is 2.51. The summed E-state index contributed by atoms with van der Waals surface area (Å²) in [7, 11) is -0.611. The van der Waals surface area contributed by atoms with Gasteiger partial charge in [0.05, 0.1) is 0 Å². The molecule has 0 unspecified atom stereocenters. The van der Waals surface area contributed by atoms with Gasteiger partial charge in [0.25, 0.3) is 0 Å². The summed E-state index contributed by atoms with van der Waals surface area (Å²) < 4.78 is 18.9. The molecule has 0 amide bonds. The van der Waals surface area contributed by atoms with Crippen molar-refractivity contribution >= 4 is 22.2 Å². The smallest absolute Gasteiger partial charge is 0.176 e. The Morgan fingerprint density at radius 2 is 1.22 bits per heavy atom. The minimum atomic E-state index is -0.611. The number of halogens is 1. The summed E-state index contributed by atoms with van der Waals surface area (Å²) in [5.74, 6) is 0.795. The van der Waals surface area contributed by atoms with Gasteiger partial charge in [-0.15, -0.1) is 11.3 Å². The van der Waals surface area contributed by atoms with Crippen LogP contribution in [-0.4, -0.2) is 0 Å². The molecular formula is C23H19FOS2. The van der Waals surface area contributed by atoms with Crippen LogP contribution < -0.4 is 4.74 Å². The van der Waals surface area contributed by atoms with Crippen LogP contribution in [0.3, 0.4) is 0 Å². The number of benzene rings is 3. The van der Waals surface area contributed by atoms with E-state index in [2.05, 4.69) is 60.7 Å². The van der Waals surface area contributed by atoms with Gasteiger partial charge < -0.3 is 4.74 Å². The second-order valence-corrected chi connectivity index (χ2v) is 9.33. The van der Waals surface area contributed by atoms with Crippen LogP contribution in [0.4, 0.5) is 4.39 Å². The summed E-state index contributed by atoms with van der Waals surface area (Å²) >= 11 is 1.12. The summed E-state index contributed by atoms with van der Waals surface area (Å²) in [6.45, 7) is 0.389. The third kappa shape index (κ3) is 4.41. The number of thiol groups is 1. The van der Waals surface area contributed by atoms with Crippen molar-refractivity contribution in [2.75, 3.05) is 0 Å². The standard InChI is InChI=1S/C23H19FOS2/c24-23-16-13-19(26-23)17-25-18-11-14-22(15-12-18)27(20-7-3-1-4-8-20)21-9-5-2-6-10-21/h1-16,27H,17H2. The average Bonchev–Trinajstić information content (AvgIpc) is 3.14. The van der Waals surface area contributed by atoms with Gasteiger partial charge in [-0.3, -0.25) is 0 Å². The third-order valence-electron chi connectivity index (χ3n) is 4.13. The second-order valence-electron chi connectivity index (χ2n) is 5.99. The zero-order chi connectivity index (χ0) is 18.5. The molecule has 1 nitrogen and oxygen atoms in total. The zero-order valence-electron chi connectivity index (χ0n) is 14.6. The van der Waals surface area contributed by atoms with Gasteiger partial charge in [-0.25, -0.2) is 0 Å². The molecule has 4 heteroatoms. The van der Waals surface area contributed by atoms with Crippen molar-refractivity contribution in [3.8, 4) is 5.75 Å². The Morgan fingerprint density at radius 3 is 1.74 bits per heavy atom. The Bertz CT molecular complexity index is 942. The first kappa shape index (κ1) is 17.8. The first-order valence-corrected chi connectivity index (χ1v) is 10.8.